The molecule has 2 fully saturated rings. The van der Waals surface area contributed by atoms with E-state index in [2.05, 4.69) is 37.2 Å². The van der Waals surface area contributed by atoms with Gasteiger partial charge in [0.25, 0.3) is 5.91 Å². The van der Waals surface area contributed by atoms with Crippen LogP contribution in [-0.4, -0.2) is 74.2 Å². The Balaban J connectivity index is 0.923. The van der Waals surface area contributed by atoms with Crippen molar-refractivity contribution in [2.45, 2.75) is 25.2 Å². The van der Waals surface area contributed by atoms with E-state index in [0.717, 1.165) is 36.6 Å². The Labute approximate surface area is 403 Å². The second-order valence-electron chi connectivity index (χ2n) is 17.3. The van der Waals surface area contributed by atoms with Crippen LogP contribution in [0.1, 0.15) is 62.9 Å². The molecule has 16 heteroatoms. The molecule has 0 bridgehead atoms. The molecule has 336 valence electrons. The standard InChI is InChI=1S/C51H38Br2N4O9S/c1-24-18-35-44(67-24)46(59)51(45(35)58)42-41(43(66-51)26-9-17-36(52)37(53)20-26)48(61)57(49(42)62)28-10-6-25(7-11-28)23-54-47(60)27-8-14-31(34(19-27)50(63)64)40-32-15-12-29(55(2)3)21-38(32)65-39-22-30(56(4)5)13-16-33(39)40/h6-22,41-43H,23H2,1-5H3,(H-,54,60,63,64)/p+1/t41?,42?,43-,51?/m0/s1. The number of carbonyl (C=O) groups is 6. The van der Waals surface area contributed by atoms with Crippen LogP contribution in [0, 0.1) is 18.8 Å². The van der Waals surface area contributed by atoms with Crippen LogP contribution >= 0.6 is 43.2 Å². The largest absolute Gasteiger partial charge is 0.478 e. The van der Waals surface area contributed by atoms with Gasteiger partial charge in [0, 0.05) is 79.9 Å². The normalized spacial score (nSPS) is 19.7. The van der Waals surface area contributed by atoms with Crippen molar-refractivity contribution in [3.05, 3.63) is 155 Å². The number of carboxylic acid groups (broad SMARTS) is 1. The molecule has 1 spiro atoms. The summed E-state index contributed by atoms with van der Waals surface area (Å²) in [5.41, 5.74) is 2.65. The van der Waals surface area contributed by atoms with E-state index in [1.165, 1.54) is 6.07 Å². The van der Waals surface area contributed by atoms with Crippen LogP contribution in [0.15, 0.2) is 116 Å². The summed E-state index contributed by atoms with van der Waals surface area (Å²) in [6, 6.07) is 29.4. The lowest BCUT2D eigenvalue weighted by molar-refractivity contribution is -0.127. The summed E-state index contributed by atoms with van der Waals surface area (Å²) in [7, 11) is 7.70. The maximum atomic E-state index is 14.5. The third-order valence-corrected chi connectivity index (χ3v) is 15.8. The SMILES string of the molecule is Cc1cc2c(s1)C(=O)C1(O[C@@H](c3ccc(Br)c(Br)c3)C3C(=O)N(c4ccc(CNC(=O)c5ccc(-c6c7ccc(=[N+](C)C)cc-7oc7cc(N(C)C)ccc67)c(C(=O)O)c5)cc4)C(=O)C31)C2=O. The molecule has 3 amide bonds. The van der Waals surface area contributed by atoms with Crippen LogP contribution < -0.4 is 25.0 Å². The van der Waals surface area contributed by atoms with Gasteiger partial charge in [-0.1, -0.05) is 24.3 Å². The molecule has 2 N–H and O–H groups in total. The van der Waals surface area contributed by atoms with E-state index >= 15 is 0 Å². The highest BCUT2D eigenvalue weighted by molar-refractivity contribution is 9.13. The number of aromatic carboxylic acids is 1. The topological polar surface area (TPSA) is 167 Å². The number of imide groups is 1. The highest BCUT2D eigenvalue weighted by Gasteiger charge is 2.75. The zero-order valence-electron chi connectivity index (χ0n) is 36.5. The summed E-state index contributed by atoms with van der Waals surface area (Å²) in [6.45, 7) is 1.81. The minimum absolute atomic E-state index is 0.0244. The molecule has 5 aromatic rings. The first kappa shape index (κ1) is 44.3. The van der Waals surface area contributed by atoms with Gasteiger partial charge in [-0.15, -0.1) is 11.3 Å². The lowest BCUT2D eigenvalue weighted by atomic mass is 9.77. The number of carbonyl (C=O) groups excluding carboxylic acids is 5. The first-order chi connectivity index (χ1) is 32.0. The highest BCUT2D eigenvalue weighted by atomic mass is 79.9. The fraction of sp³-hybridized carbons (Fsp3) is 0.196. The van der Waals surface area contributed by atoms with E-state index in [9.17, 15) is 33.9 Å². The molecule has 2 aliphatic carbocycles. The second kappa shape index (κ2) is 16.3. The van der Waals surface area contributed by atoms with Crippen molar-refractivity contribution in [1.82, 2.24) is 9.89 Å². The van der Waals surface area contributed by atoms with Gasteiger partial charge in [0.05, 0.1) is 40.1 Å². The maximum absolute atomic E-state index is 14.5. The van der Waals surface area contributed by atoms with Crippen LogP contribution in [0.4, 0.5) is 11.4 Å². The third kappa shape index (κ3) is 6.99. The number of nitrogens with zero attached hydrogens (tertiary/aromatic N) is 3. The third-order valence-electron chi connectivity index (χ3n) is 12.8. The molecule has 4 heterocycles. The zero-order chi connectivity index (χ0) is 47.4. The smallest absolute Gasteiger partial charge is 0.336 e. The van der Waals surface area contributed by atoms with E-state index in [0.29, 0.717) is 49.0 Å². The van der Waals surface area contributed by atoms with Crippen LogP contribution in [0.5, 0.6) is 0 Å². The van der Waals surface area contributed by atoms with Crippen molar-refractivity contribution in [3.8, 4) is 22.5 Å². The minimum atomic E-state index is -2.20. The van der Waals surface area contributed by atoms with Crippen LogP contribution in [0.3, 0.4) is 0 Å². The van der Waals surface area contributed by atoms with Crippen molar-refractivity contribution in [2.24, 2.45) is 11.8 Å². The molecule has 1 aromatic heterocycles. The number of Topliss-reactive ketones (excluding diaryl/α,β-unsaturated/α-hetero) is 2. The van der Waals surface area contributed by atoms with Crippen LogP contribution in [0.2, 0.25) is 0 Å². The molecule has 5 aliphatic rings. The molecule has 4 aromatic carbocycles. The Morgan fingerprint density at radius 2 is 1.58 bits per heavy atom. The number of thiophene rings is 1. The van der Waals surface area contributed by atoms with Gasteiger partial charge >= 0.3 is 5.97 Å². The van der Waals surface area contributed by atoms with Gasteiger partial charge in [-0.05, 0) is 116 Å². The number of halogens is 2. The molecule has 3 unspecified atom stereocenters. The number of hydrogen-bond acceptors (Lipinski definition) is 10. The maximum Gasteiger partial charge on any atom is 0.336 e. The van der Waals surface area contributed by atoms with Crippen molar-refractivity contribution < 1.29 is 43.0 Å². The summed E-state index contributed by atoms with van der Waals surface area (Å²) in [5, 5.41) is 15.0. The van der Waals surface area contributed by atoms with Gasteiger partial charge < -0.3 is 24.5 Å². The number of ketones is 2. The first-order valence-electron chi connectivity index (χ1n) is 21.1. The van der Waals surface area contributed by atoms with Gasteiger partial charge in [-0.3, -0.25) is 24.0 Å². The number of nitrogens with one attached hydrogen (secondary N) is 1. The van der Waals surface area contributed by atoms with E-state index < -0.39 is 58.8 Å². The quantitative estimate of drug-likeness (QED) is 0.0652. The van der Waals surface area contributed by atoms with E-state index in [-0.39, 0.29) is 33.8 Å². The highest BCUT2D eigenvalue weighted by Crippen LogP contribution is 2.59. The molecule has 2 saturated heterocycles. The Bertz CT molecular complexity index is 3360. The number of benzene rings is 5. The summed E-state index contributed by atoms with van der Waals surface area (Å²) >= 11 is 8.12. The molecule has 13 nitrogen and oxygen atoms in total. The summed E-state index contributed by atoms with van der Waals surface area (Å²) in [6.07, 6.45) is -1.08. The number of amides is 3. The number of rotatable bonds is 8. The molecule has 0 radical (unpaired) electrons. The van der Waals surface area contributed by atoms with E-state index in [4.69, 9.17) is 9.15 Å². The van der Waals surface area contributed by atoms with Crippen molar-refractivity contribution >= 4 is 101 Å². The van der Waals surface area contributed by atoms with Crippen LogP contribution in [0.25, 0.3) is 33.4 Å². The van der Waals surface area contributed by atoms with Gasteiger partial charge in [0.1, 0.15) is 25.4 Å². The minimum Gasteiger partial charge on any atom is -0.478 e. The number of anilines is 2. The number of ether oxygens (including phenoxy) is 1. The van der Waals surface area contributed by atoms with Gasteiger partial charge in [0.2, 0.25) is 34.3 Å². The average Bonchev–Trinajstić information content (AvgIpc) is 4.01. The molecular formula is C51H39Br2N4O9S+. The summed E-state index contributed by atoms with van der Waals surface area (Å²) in [5.74, 6) is -6.32. The number of hydrogen-bond donors (Lipinski definition) is 2. The summed E-state index contributed by atoms with van der Waals surface area (Å²) < 4.78 is 16.2. The average molecular weight is 1040 g/mol. The fourth-order valence-electron chi connectivity index (χ4n) is 9.54. The van der Waals surface area contributed by atoms with E-state index in [1.54, 1.807) is 67.6 Å². The Kier molecular flexibility index (Phi) is 10.8. The fourth-order valence-corrected chi connectivity index (χ4v) is 11.2. The van der Waals surface area contributed by atoms with Gasteiger partial charge in [0.15, 0.2) is 0 Å². The molecule has 0 saturated carbocycles. The second-order valence-corrected chi connectivity index (χ2v) is 20.2. The van der Waals surface area contributed by atoms with Gasteiger partial charge in [-0.2, -0.15) is 0 Å². The van der Waals surface area contributed by atoms with Gasteiger partial charge in [-0.25, -0.2) is 14.3 Å². The first-order valence-corrected chi connectivity index (χ1v) is 23.5. The predicted octanol–water partition coefficient (Wildman–Crippen LogP) is 8.52. The number of carboxylic acids is 1. The predicted molar refractivity (Wildman–Crippen MR) is 260 cm³/mol. The molecule has 10 rings (SSSR count). The van der Waals surface area contributed by atoms with Crippen molar-refractivity contribution in [1.29, 1.82) is 0 Å². The molecule has 3 aliphatic heterocycles. The Morgan fingerprint density at radius 3 is 2.27 bits per heavy atom. The molecule has 67 heavy (non-hydrogen) atoms. The number of fused-ring (bicyclic) bond motifs is 5. The molecule has 4 atom stereocenters. The monoisotopic (exact) mass is 1040 g/mol. The Hall–Kier alpha value is -6.59. The van der Waals surface area contributed by atoms with Crippen LogP contribution in [-0.2, 0) is 20.9 Å². The molecular weight excluding hydrogens is 1000 g/mol. The lowest BCUT2D eigenvalue weighted by Gasteiger charge is -2.27. The van der Waals surface area contributed by atoms with Crippen molar-refractivity contribution in [3.63, 3.8) is 0 Å². The zero-order valence-corrected chi connectivity index (χ0v) is 40.5. The Morgan fingerprint density at radius 1 is 0.836 bits per heavy atom. The van der Waals surface area contributed by atoms with Crippen molar-refractivity contribution in [2.75, 3.05) is 38.0 Å². The number of aryl methyl sites for hydroxylation is 1. The van der Waals surface area contributed by atoms with E-state index in [1.807, 2.05) is 74.1 Å². The summed E-state index contributed by atoms with van der Waals surface area (Å²) in [4.78, 5) is 88.1. The lowest BCUT2D eigenvalue weighted by Crippen LogP contribution is -2.51.